The Morgan fingerprint density at radius 3 is 2.96 bits per heavy atom. The van der Waals surface area contributed by atoms with Gasteiger partial charge in [0.05, 0.1) is 23.3 Å². The molecule has 0 aromatic carbocycles. The van der Waals surface area contributed by atoms with Crippen molar-refractivity contribution < 1.29 is 13.2 Å². The zero-order valence-corrected chi connectivity index (χ0v) is 14.3. The van der Waals surface area contributed by atoms with E-state index in [2.05, 4.69) is 4.98 Å². The monoisotopic (exact) mass is 355 g/mol. The maximum absolute atomic E-state index is 12.5. The van der Waals surface area contributed by atoms with Crippen LogP contribution in [0.15, 0.2) is 22.6 Å². The lowest BCUT2D eigenvalue weighted by atomic mass is 10.2. The SMILES string of the molecule is CCN(C(=O)Cn1cnc2ccsc2c1=O)[C@@H]1CCS(=O)(=O)C1. The molecule has 1 fully saturated rings. The van der Waals surface area contributed by atoms with E-state index >= 15 is 0 Å². The molecule has 9 heteroatoms. The van der Waals surface area contributed by atoms with Crippen LogP contribution in [0.4, 0.5) is 0 Å². The van der Waals surface area contributed by atoms with Crippen molar-refractivity contribution in [2.24, 2.45) is 0 Å². The van der Waals surface area contributed by atoms with Crippen molar-refractivity contribution in [3.8, 4) is 0 Å². The minimum Gasteiger partial charge on any atom is -0.337 e. The summed E-state index contributed by atoms with van der Waals surface area (Å²) in [4.78, 5) is 30.6. The zero-order chi connectivity index (χ0) is 16.6. The molecule has 3 heterocycles. The smallest absolute Gasteiger partial charge is 0.271 e. The minimum atomic E-state index is -3.06. The Balaban J connectivity index is 1.81. The van der Waals surface area contributed by atoms with Crippen molar-refractivity contribution in [3.05, 3.63) is 28.1 Å². The van der Waals surface area contributed by atoms with Crippen molar-refractivity contribution in [2.45, 2.75) is 25.9 Å². The third-order valence-corrected chi connectivity index (χ3v) is 6.69. The maximum atomic E-state index is 12.5. The Bertz CT molecular complexity index is 900. The van der Waals surface area contributed by atoms with Gasteiger partial charge in [0.15, 0.2) is 9.84 Å². The van der Waals surface area contributed by atoms with E-state index in [1.807, 2.05) is 6.92 Å². The van der Waals surface area contributed by atoms with Crippen molar-refractivity contribution in [1.82, 2.24) is 14.5 Å². The zero-order valence-electron chi connectivity index (χ0n) is 12.6. The van der Waals surface area contributed by atoms with Crippen LogP contribution in [0.3, 0.4) is 0 Å². The molecule has 0 radical (unpaired) electrons. The molecule has 3 rings (SSSR count). The molecule has 1 amide bonds. The highest BCUT2D eigenvalue weighted by atomic mass is 32.2. The number of sulfone groups is 1. The fourth-order valence-electron chi connectivity index (χ4n) is 2.89. The second-order valence-electron chi connectivity index (χ2n) is 5.55. The molecule has 124 valence electrons. The molecule has 0 spiro atoms. The van der Waals surface area contributed by atoms with Crippen LogP contribution in [0.2, 0.25) is 0 Å². The van der Waals surface area contributed by atoms with Crippen LogP contribution in [0.1, 0.15) is 13.3 Å². The standard InChI is InChI=1S/C14H17N3O4S2/c1-2-17(10-4-6-23(20,21)8-10)12(18)7-16-9-15-11-3-5-22-13(11)14(16)19/h3,5,9-10H,2,4,6-8H2,1H3/t10-/m1/s1. The van der Waals surface area contributed by atoms with Gasteiger partial charge in [0.25, 0.3) is 5.56 Å². The number of nitrogens with zero attached hydrogens (tertiary/aromatic N) is 3. The molecule has 7 nitrogen and oxygen atoms in total. The molecule has 1 aliphatic heterocycles. The summed E-state index contributed by atoms with van der Waals surface area (Å²) in [7, 11) is -3.06. The summed E-state index contributed by atoms with van der Waals surface area (Å²) in [5, 5.41) is 1.78. The summed E-state index contributed by atoms with van der Waals surface area (Å²) in [6.45, 7) is 2.11. The number of carbonyl (C=O) groups is 1. The van der Waals surface area contributed by atoms with Gasteiger partial charge >= 0.3 is 0 Å². The van der Waals surface area contributed by atoms with Crippen LogP contribution in [0.5, 0.6) is 0 Å². The fraction of sp³-hybridized carbons (Fsp3) is 0.500. The van der Waals surface area contributed by atoms with Gasteiger partial charge in [0, 0.05) is 12.6 Å². The number of rotatable bonds is 4. The molecule has 1 atom stereocenters. The quantitative estimate of drug-likeness (QED) is 0.796. The number of carbonyl (C=O) groups excluding carboxylic acids is 1. The highest BCUT2D eigenvalue weighted by Gasteiger charge is 2.33. The number of thiophene rings is 1. The molecule has 0 aliphatic carbocycles. The number of likely N-dealkylation sites (N-methyl/N-ethyl adjacent to an activating group) is 1. The minimum absolute atomic E-state index is 0.00366. The second-order valence-corrected chi connectivity index (χ2v) is 8.69. The first-order chi connectivity index (χ1) is 10.9. The average Bonchev–Trinajstić information content (AvgIpc) is 3.10. The lowest BCUT2D eigenvalue weighted by Crippen LogP contribution is -2.43. The Kier molecular flexibility index (Phi) is 4.24. The third kappa shape index (κ3) is 3.16. The van der Waals surface area contributed by atoms with Gasteiger partial charge in [-0.15, -0.1) is 11.3 Å². The molecule has 0 saturated carbocycles. The molecule has 1 aliphatic rings. The molecule has 2 aromatic rings. The number of hydrogen-bond donors (Lipinski definition) is 0. The van der Waals surface area contributed by atoms with Crippen LogP contribution >= 0.6 is 11.3 Å². The summed E-state index contributed by atoms with van der Waals surface area (Å²) in [6, 6.07) is 1.46. The van der Waals surface area contributed by atoms with Crippen molar-refractivity contribution in [2.75, 3.05) is 18.1 Å². The lowest BCUT2D eigenvalue weighted by Gasteiger charge is -2.27. The summed E-state index contributed by atoms with van der Waals surface area (Å²) < 4.78 is 25.0. The van der Waals surface area contributed by atoms with Gasteiger partial charge in [-0.1, -0.05) is 0 Å². The van der Waals surface area contributed by atoms with Crippen molar-refractivity contribution in [1.29, 1.82) is 0 Å². The van der Waals surface area contributed by atoms with Gasteiger partial charge in [-0.3, -0.25) is 14.2 Å². The van der Waals surface area contributed by atoms with Crippen LogP contribution in [-0.2, 0) is 21.2 Å². The van der Waals surface area contributed by atoms with E-state index < -0.39 is 9.84 Å². The first-order valence-electron chi connectivity index (χ1n) is 7.34. The Morgan fingerprint density at radius 2 is 2.30 bits per heavy atom. The summed E-state index contributed by atoms with van der Waals surface area (Å²) in [6.07, 6.45) is 1.83. The Morgan fingerprint density at radius 1 is 1.52 bits per heavy atom. The van der Waals surface area contributed by atoms with E-state index in [1.54, 1.807) is 16.3 Å². The molecule has 23 heavy (non-hydrogen) atoms. The normalized spacial score (nSPS) is 20.0. The third-order valence-electron chi connectivity index (χ3n) is 4.05. The van der Waals surface area contributed by atoms with Crippen LogP contribution < -0.4 is 5.56 Å². The summed E-state index contributed by atoms with van der Waals surface area (Å²) in [5.41, 5.74) is 0.381. The van der Waals surface area contributed by atoms with Crippen LogP contribution in [-0.4, -0.2) is 52.9 Å². The molecule has 2 aromatic heterocycles. The summed E-state index contributed by atoms with van der Waals surface area (Å²) >= 11 is 1.29. The molecule has 0 unspecified atom stereocenters. The first kappa shape index (κ1) is 16.1. The van der Waals surface area contributed by atoms with E-state index in [0.29, 0.717) is 23.2 Å². The predicted molar refractivity (Wildman–Crippen MR) is 88.3 cm³/mol. The van der Waals surface area contributed by atoms with Gasteiger partial charge in [-0.05, 0) is 24.8 Å². The van der Waals surface area contributed by atoms with E-state index in [1.165, 1.54) is 22.2 Å². The van der Waals surface area contributed by atoms with Gasteiger partial charge in [0.2, 0.25) is 5.91 Å². The lowest BCUT2D eigenvalue weighted by molar-refractivity contribution is -0.133. The van der Waals surface area contributed by atoms with E-state index in [9.17, 15) is 18.0 Å². The van der Waals surface area contributed by atoms with Crippen LogP contribution in [0.25, 0.3) is 10.2 Å². The molecule has 1 saturated heterocycles. The summed E-state index contributed by atoms with van der Waals surface area (Å²) in [5.74, 6) is -0.136. The Hall–Kier alpha value is -1.74. The van der Waals surface area contributed by atoms with Crippen LogP contribution in [0, 0.1) is 0 Å². The van der Waals surface area contributed by atoms with Gasteiger partial charge in [-0.2, -0.15) is 0 Å². The first-order valence-corrected chi connectivity index (χ1v) is 10.0. The highest BCUT2D eigenvalue weighted by Crippen LogP contribution is 2.18. The average molecular weight is 355 g/mol. The molecule has 0 bridgehead atoms. The molecular weight excluding hydrogens is 338 g/mol. The number of amides is 1. The molecule has 0 N–H and O–H groups in total. The number of fused-ring (bicyclic) bond motifs is 1. The number of hydrogen-bond acceptors (Lipinski definition) is 6. The fourth-order valence-corrected chi connectivity index (χ4v) is 5.41. The molecular formula is C14H17N3O4S2. The van der Waals surface area contributed by atoms with Gasteiger partial charge in [-0.25, -0.2) is 13.4 Å². The van der Waals surface area contributed by atoms with Gasteiger partial charge < -0.3 is 4.90 Å². The maximum Gasteiger partial charge on any atom is 0.271 e. The van der Waals surface area contributed by atoms with Crippen molar-refractivity contribution in [3.63, 3.8) is 0 Å². The van der Waals surface area contributed by atoms with E-state index in [4.69, 9.17) is 0 Å². The number of aromatic nitrogens is 2. The van der Waals surface area contributed by atoms with E-state index in [-0.39, 0.29) is 35.6 Å². The highest BCUT2D eigenvalue weighted by molar-refractivity contribution is 7.91. The van der Waals surface area contributed by atoms with E-state index in [0.717, 1.165) is 0 Å². The van der Waals surface area contributed by atoms with Crippen molar-refractivity contribution >= 4 is 37.3 Å². The predicted octanol–water partition coefficient (Wildman–Crippen LogP) is 0.494. The van der Waals surface area contributed by atoms with Gasteiger partial charge in [0.1, 0.15) is 11.2 Å². The largest absolute Gasteiger partial charge is 0.337 e. The Labute approximate surface area is 137 Å². The second kappa shape index (κ2) is 6.04. The topological polar surface area (TPSA) is 89.3 Å².